The largest absolute Gasteiger partial charge is 0.389 e. The van der Waals surface area contributed by atoms with Gasteiger partial charge in [0.25, 0.3) is 0 Å². The molecule has 0 heterocycles. The van der Waals surface area contributed by atoms with Crippen LogP contribution < -0.4 is 0 Å². The molecule has 0 saturated carbocycles. The number of rotatable bonds is 14. The van der Waals surface area contributed by atoms with E-state index in [4.69, 9.17) is 5.11 Å². The van der Waals surface area contributed by atoms with Crippen LogP contribution in [0.5, 0.6) is 0 Å². The first-order valence-corrected chi connectivity index (χ1v) is 8.43. The van der Waals surface area contributed by atoms with E-state index in [9.17, 15) is 4.39 Å². The third kappa shape index (κ3) is 15.4. The zero-order valence-electron chi connectivity index (χ0n) is 13.2. The van der Waals surface area contributed by atoms with Crippen LogP contribution in [0.3, 0.4) is 0 Å². The Kier molecular flexibility index (Phi) is 15.9. The maximum absolute atomic E-state index is 12.5. The number of halogens is 1. The molecule has 0 spiro atoms. The topological polar surface area (TPSA) is 20.2 Å². The molecule has 0 aliphatic rings. The molecule has 0 radical (unpaired) electrons. The summed E-state index contributed by atoms with van der Waals surface area (Å²) >= 11 is 0. The summed E-state index contributed by atoms with van der Waals surface area (Å²) in [6.07, 6.45) is 20.9. The molecular formula is C18H33FO. The van der Waals surface area contributed by atoms with Crippen molar-refractivity contribution in [2.24, 2.45) is 0 Å². The average Bonchev–Trinajstić information content (AvgIpc) is 2.47. The molecule has 0 aliphatic heterocycles. The predicted molar refractivity (Wildman–Crippen MR) is 86.5 cm³/mol. The number of aliphatic hydroxyl groups excluding tert-OH is 1. The predicted octanol–water partition coefficient (Wildman–Crippen LogP) is 6.09. The van der Waals surface area contributed by atoms with Gasteiger partial charge in [-0.25, -0.2) is 4.39 Å². The molecule has 0 aliphatic carbocycles. The summed E-state index contributed by atoms with van der Waals surface area (Å²) in [5, 5.41) is 8.46. The van der Waals surface area contributed by atoms with Gasteiger partial charge in [0.1, 0.15) is 5.83 Å². The number of hydrogen-bond donors (Lipinski definition) is 1. The molecule has 2 heteroatoms. The van der Waals surface area contributed by atoms with Crippen molar-refractivity contribution in [3.8, 4) is 0 Å². The van der Waals surface area contributed by atoms with Gasteiger partial charge in [-0.3, -0.25) is 0 Å². The third-order valence-electron chi connectivity index (χ3n) is 3.54. The van der Waals surface area contributed by atoms with Gasteiger partial charge in [0.05, 0.1) is 6.61 Å². The second kappa shape index (κ2) is 16.4. The SMILES string of the molecule is CCCCCCCCCCCCC/C=C/C=C(/F)CO. The average molecular weight is 284 g/mol. The van der Waals surface area contributed by atoms with Crippen molar-refractivity contribution in [2.75, 3.05) is 6.61 Å². The summed E-state index contributed by atoms with van der Waals surface area (Å²) < 4.78 is 12.5. The van der Waals surface area contributed by atoms with Gasteiger partial charge in [-0.2, -0.15) is 0 Å². The molecular weight excluding hydrogens is 251 g/mol. The van der Waals surface area contributed by atoms with Gasteiger partial charge >= 0.3 is 0 Å². The Morgan fingerprint density at radius 3 is 1.85 bits per heavy atom. The highest BCUT2D eigenvalue weighted by Gasteiger charge is 1.92. The first-order chi connectivity index (χ1) is 9.81. The monoisotopic (exact) mass is 284 g/mol. The Morgan fingerprint density at radius 2 is 1.35 bits per heavy atom. The highest BCUT2D eigenvalue weighted by atomic mass is 19.1. The molecule has 1 nitrogen and oxygen atoms in total. The summed E-state index contributed by atoms with van der Waals surface area (Å²) in [4.78, 5) is 0. The minimum Gasteiger partial charge on any atom is -0.389 e. The Labute approximate surface area is 125 Å². The van der Waals surface area contributed by atoms with Crippen molar-refractivity contribution in [3.63, 3.8) is 0 Å². The molecule has 0 saturated heterocycles. The fourth-order valence-electron chi connectivity index (χ4n) is 2.25. The van der Waals surface area contributed by atoms with Crippen molar-refractivity contribution >= 4 is 0 Å². The van der Waals surface area contributed by atoms with E-state index < -0.39 is 12.4 Å². The lowest BCUT2D eigenvalue weighted by atomic mass is 10.1. The van der Waals surface area contributed by atoms with E-state index >= 15 is 0 Å². The maximum Gasteiger partial charge on any atom is 0.125 e. The standard InChI is InChI=1S/C18H33FO/c1-2-3-4-5-6-7-8-9-10-11-12-13-14-15-16-18(19)17-20/h14-16,20H,2-13,17H2,1H3/b15-14+,18-16+. The summed E-state index contributed by atoms with van der Waals surface area (Å²) in [7, 11) is 0. The maximum atomic E-state index is 12.5. The Morgan fingerprint density at radius 1 is 0.850 bits per heavy atom. The minimum absolute atomic E-state index is 0.472. The molecule has 20 heavy (non-hydrogen) atoms. The lowest BCUT2D eigenvalue weighted by Crippen LogP contribution is -1.82. The molecule has 1 N–H and O–H groups in total. The number of allylic oxidation sites excluding steroid dienone is 3. The van der Waals surface area contributed by atoms with Crippen molar-refractivity contribution in [1.29, 1.82) is 0 Å². The zero-order chi connectivity index (χ0) is 14.9. The van der Waals surface area contributed by atoms with E-state index in [-0.39, 0.29) is 0 Å². The van der Waals surface area contributed by atoms with E-state index in [0.717, 1.165) is 6.42 Å². The van der Waals surface area contributed by atoms with E-state index in [1.54, 1.807) is 6.08 Å². The van der Waals surface area contributed by atoms with E-state index in [1.807, 2.05) is 6.08 Å². The second-order valence-electron chi connectivity index (χ2n) is 5.52. The summed E-state index contributed by atoms with van der Waals surface area (Å²) in [6.45, 7) is 1.76. The van der Waals surface area contributed by atoms with Gasteiger partial charge in [-0.1, -0.05) is 83.3 Å². The van der Waals surface area contributed by atoms with Gasteiger partial charge in [0.15, 0.2) is 0 Å². The zero-order valence-corrected chi connectivity index (χ0v) is 13.2. The first-order valence-electron chi connectivity index (χ1n) is 8.43. The van der Waals surface area contributed by atoms with Crippen LogP contribution in [-0.4, -0.2) is 11.7 Å². The minimum atomic E-state index is -0.497. The van der Waals surface area contributed by atoms with Crippen LogP contribution in [0.25, 0.3) is 0 Å². The van der Waals surface area contributed by atoms with Gasteiger partial charge in [-0.15, -0.1) is 0 Å². The highest BCUT2D eigenvalue weighted by Crippen LogP contribution is 2.12. The third-order valence-corrected chi connectivity index (χ3v) is 3.54. The quantitative estimate of drug-likeness (QED) is 0.302. The lowest BCUT2D eigenvalue weighted by molar-refractivity contribution is 0.298. The molecule has 118 valence electrons. The van der Waals surface area contributed by atoms with Gasteiger partial charge in [0, 0.05) is 0 Å². The van der Waals surface area contributed by atoms with Crippen LogP contribution in [0.15, 0.2) is 24.1 Å². The Bertz CT molecular complexity index is 246. The van der Waals surface area contributed by atoms with Crippen LogP contribution in [0.4, 0.5) is 4.39 Å². The molecule has 0 atom stereocenters. The van der Waals surface area contributed by atoms with E-state index in [0.29, 0.717) is 0 Å². The Hall–Kier alpha value is -0.630. The number of unbranched alkanes of at least 4 members (excludes halogenated alkanes) is 11. The molecule has 0 unspecified atom stereocenters. The van der Waals surface area contributed by atoms with Crippen LogP contribution >= 0.6 is 0 Å². The summed E-state index contributed by atoms with van der Waals surface area (Å²) in [5.41, 5.74) is 0. The Balaban J connectivity index is 3.13. The molecule has 0 aromatic heterocycles. The van der Waals surface area contributed by atoms with E-state index in [1.165, 1.54) is 76.7 Å². The molecule has 0 fully saturated rings. The molecule has 0 bridgehead atoms. The highest BCUT2D eigenvalue weighted by molar-refractivity contribution is 5.06. The van der Waals surface area contributed by atoms with Crippen molar-refractivity contribution in [3.05, 3.63) is 24.1 Å². The van der Waals surface area contributed by atoms with Gasteiger partial charge < -0.3 is 5.11 Å². The number of aliphatic hydroxyl groups is 1. The fourth-order valence-corrected chi connectivity index (χ4v) is 2.25. The van der Waals surface area contributed by atoms with Gasteiger partial charge in [-0.05, 0) is 18.9 Å². The molecule has 0 amide bonds. The van der Waals surface area contributed by atoms with E-state index in [2.05, 4.69) is 6.92 Å². The van der Waals surface area contributed by atoms with Crippen molar-refractivity contribution < 1.29 is 9.50 Å². The van der Waals surface area contributed by atoms with Crippen LogP contribution in [-0.2, 0) is 0 Å². The first kappa shape index (κ1) is 19.4. The number of hydrogen-bond acceptors (Lipinski definition) is 1. The fraction of sp³-hybridized carbons (Fsp3) is 0.778. The normalized spacial score (nSPS) is 12.4. The van der Waals surface area contributed by atoms with Crippen LogP contribution in [0, 0.1) is 0 Å². The van der Waals surface area contributed by atoms with Crippen molar-refractivity contribution in [2.45, 2.75) is 84.0 Å². The summed E-state index contributed by atoms with van der Waals surface area (Å²) in [5.74, 6) is -0.472. The summed E-state index contributed by atoms with van der Waals surface area (Å²) in [6, 6.07) is 0. The van der Waals surface area contributed by atoms with Crippen molar-refractivity contribution in [1.82, 2.24) is 0 Å². The molecule has 0 aromatic carbocycles. The second-order valence-corrected chi connectivity index (χ2v) is 5.52. The lowest BCUT2D eigenvalue weighted by Gasteiger charge is -2.01. The molecule has 0 rings (SSSR count). The smallest absolute Gasteiger partial charge is 0.125 e. The van der Waals surface area contributed by atoms with Crippen LogP contribution in [0.2, 0.25) is 0 Å². The van der Waals surface area contributed by atoms with Crippen LogP contribution in [0.1, 0.15) is 84.0 Å². The molecule has 0 aromatic rings. The van der Waals surface area contributed by atoms with Gasteiger partial charge in [0.2, 0.25) is 0 Å².